The molecule has 2 aromatic heterocycles. The molecule has 1 atom stereocenters. The molecule has 0 fully saturated rings. The molecule has 0 radical (unpaired) electrons. The number of fused-ring (bicyclic) bond motifs is 4. The number of hydrogen-bond donors (Lipinski definition) is 1. The summed E-state index contributed by atoms with van der Waals surface area (Å²) in [5.74, 6) is 0.499. The molecule has 0 saturated heterocycles. The molecule has 5 rings (SSSR count). The molecule has 124 valence electrons. The Bertz CT molecular complexity index is 1100. The normalized spacial score (nSPS) is 16.5. The van der Waals surface area contributed by atoms with Crippen molar-refractivity contribution in [1.82, 2.24) is 9.88 Å². The quantitative estimate of drug-likeness (QED) is 0.509. The molecule has 1 unspecified atom stereocenters. The Kier molecular flexibility index (Phi) is 3.23. The minimum absolute atomic E-state index is 0.128. The van der Waals surface area contributed by atoms with Crippen molar-refractivity contribution in [2.75, 3.05) is 0 Å². The van der Waals surface area contributed by atoms with Gasteiger partial charge in [0.1, 0.15) is 23.2 Å². The summed E-state index contributed by atoms with van der Waals surface area (Å²) in [7, 11) is 0. The van der Waals surface area contributed by atoms with Gasteiger partial charge in [-0.2, -0.15) is 0 Å². The van der Waals surface area contributed by atoms with Crippen molar-refractivity contribution in [3.05, 3.63) is 88.7 Å². The molecule has 1 N–H and O–H groups in total. The molecule has 0 amide bonds. The zero-order chi connectivity index (χ0) is 17.0. The molecule has 0 bridgehead atoms. The predicted molar refractivity (Wildman–Crippen MR) is 95.6 cm³/mol. The maximum absolute atomic E-state index is 13.5. The van der Waals surface area contributed by atoms with Gasteiger partial charge >= 0.3 is 0 Å². The van der Waals surface area contributed by atoms with Gasteiger partial charge in [-0.25, -0.2) is 4.39 Å². The van der Waals surface area contributed by atoms with E-state index in [0.717, 1.165) is 28.1 Å². The van der Waals surface area contributed by atoms with Crippen molar-refractivity contribution in [2.45, 2.75) is 12.6 Å². The van der Waals surface area contributed by atoms with Crippen molar-refractivity contribution in [3.63, 3.8) is 0 Å². The van der Waals surface area contributed by atoms with E-state index in [2.05, 4.69) is 16.0 Å². The van der Waals surface area contributed by atoms with Crippen LogP contribution in [0.5, 0.6) is 0 Å². The Balaban J connectivity index is 1.66. The van der Waals surface area contributed by atoms with E-state index in [4.69, 9.17) is 16.0 Å². The lowest BCUT2D eigenvalue weighted by atomic mass is 10.1. The molecule has 5 heteroatoms. The summed E-state index contributed by atoms with van der Waals surface area (Å²) in [6, 6.07) is 16.3. The first-order valence-corrected chi connectivity index (χ1v) is 8.45. The number of rotatable bonds is 1. The molecule has 1 aliphatic rings. The Labute approximate surface area is 148 Å². The van der Waals surface area contributed by atoms with E-state index in [1.807, 2.05) is 36.5 Å². The van der Waals surface area contributed by atoms with Crippen molar-refractivity contribution in [3.8, 4) is 5.69 Å². The fourth-order valence-corrected chi connectivity index (χ4v) is 3.67. The third-order valence-corrected chi connectivity index (χ3v) is 4.90. The van der Waals surface area contributed by atoms with E-state index in [1.165, 1.54) is 12.1 Å². The first kappa shape index (κ1) is 14.8. The third-order valence-electron chi connectivity index (χ3n) is 4.66. The Morgan fingerprint density at radius 2 is 2.04 bits per heavy atom. The summed E-state index contributed by atoms with van der Waals surface area (Å²) in [6.07, 6.45) is 2.02. The Hall–Kier alpha value is -2.56. The molecule has 3 heterocycles. The van der Waals surface area contributed by atoms with Gasteiger partial charge in [-0.15, -0.1) is 0 Å². The number of halogens is 2. The minimum Gasteiger partial charge on any atom is -0.459 e. The number of aromatic nitrogens is 1. The van der Waals surface area contributed by atoms with Crippen LogP contribution in [0.3, 0.4) is 0 Å². The van der Waals surface area contributed by atoms with E-state index in [-0.39, 0.29) is 11.9 Å². The fourth-order valence-electron chi connectivity index (χ4n) is 3.50. The van der Waals surface area contributed by atoms with Crippen LogP contribution < -0.4 is 5.32 Å². The molecule has 0 aliphatic carbocycles. The van der Waals surface area contributed by atoms with Gasteiger partial charge in [-0.1, -0.05) is 17.7 Å². The van der Waals surface area contributed by atoms with Gasteiger partial charge in [-0.3, -0.25) is 5.32 Å². The highest BCUT2D eigenvalue weighted by Crippen LogP contribution is 2.34. The molecule has 0 spiro atoms. The number of hydrogen-bond acceptors (Lipinski definition) is 2. The van der Waals surface area contributed by atoms with E-state index >= 15 is 0 Å². The van der Waals surface area contributed by atoms with E-state index < -0.39 is 0 Å². The molecular weight excluding hydrogens is 339 g/mol. The van der Waals surface area contributed by atoms with Crippen molar-refractivity contribution < 1.29 is 8.81 Å². The second kappa shape index (κ2) is 5.48. The third kappa shape index (κ3) is 2.37. The first-order valence-electron chi connectivity index (χ1n) is 8.07. The van der Waals surface area contributed by atoms with Crippen LogP contribution in [0.25, 0.3) is 16.7 Å². The summed E-state index contributed by atoms with van der Waals surface area (Å²) in [5.41, 5.74) is 3.96. The summed E-state index contributed by atoms with van der Waals surface area (Å²) in [5, 5.41) is 5.01. The van der Waals surface area contributed by atoms with E-state index in [1.54, 1.807) is 6.07 Å². The van der Waals surface area contributed by atoms with Gasteiger partial charge in [0, 0.05) is 28.8 Å². The number of nitrogens with one attached hydrogen (secondary N) is 1. The van der Waals surface area contributed by atoms with Crippen molar-refractivity contribution in [1.29, 1.82) is 0 Å². The van der Waals surface area contributed by atoms with Gasteiger partial charge in [0.2, 0.25) is 0 Å². The smallest absolute Gasteiger partial charge is 0.134 e. The highest BCUT2D eigenvalue weighted by molar-refractivity contribution is 6.30. The molecule has 1 aliphatic heterocycles. The predicted octanol–water partition coefficient (Wildman–Crippen LogP) is 5.21. The Morgan fingerprint density at radius 1 is 1.12 bits per heavy atom. The zero-order valence-corrected chi connectivity index (χ0v) is 13.9. The minimum atomic E-state index is -0.265. The van der Waals surface area contributed by atoms with Gasteiger partial charge in [-0.05, 0) is 54.1 Å². The Morgan fingerprint density at radius 3 is 2.96 bits per heavy atom. The summed E-state index contributed by atoms with van der Waals surface area (Å²) in [4.78, 5) is 0. The average molecular weight is 353 g/mol. The molecule has 3 nitrogen and oxygen atoms in total. The van der Waals surface area contributed by atoms with Gasteiger partial charge in [0.05, 0.1) is 5.69 Å². The topological polar surface area (TPSA) is 30.1 Å². The van der Waals surface area contributed by atoms with Gasteiger partial charge in [0.15, 0.2) is 0 Å². The highest BCUT2D eigenvalue weighted by Gasteiger charge is 2.25. The maximum Gasteiger partial charge on any atom is 0.134 e. The van der Waals surface area contributed by atoms with Crippen LogP contribution >= 0.6 is 11.6 Å². The number of furan rings is 1. The summed E-state index contributed by atoms with van der Waals surface area (Å²) in [6.45, 7) is 0.685. The standard InChI is InChI=1S/C20H14ClFN2O/c21-14-4-3-12-11-23-20(16-2-1-7-24(16)17(12)10-14)19-9-13-8-15(22)5-6-18(13)25-19/h1-10,20,23H,11H2. The van der Waals surface area contributed by atoms with Crippen LogP contribution in [-0.2, 0) is 6.54 Å². The first-order chi connectivity index (χ1) is 12.2. The lowest BCUT2D eigenvalue weighted by Crippen LogP contribution is -2.20. The molecule has 25 heavy (non-hydrogen) atoms. The lowest BCUT2D eigenvalue weighted by molar-refractivity contribution is 0.465. The van der Waals surface area contributed by atoms with Gasteiger partial charge < -0.3 is 8.98 Å². The van der Waals surface area contributed by atoms with E-state index in [9.17, 15) is 4.39 Å². The molecular formula is C20H14ClFN2O. The second-order valence-corrected chi connectivity index (χ2v) is 6.66. The van der Waals surface area contributed by atoms with Crippen LogP contribution in [0.4, 0.5) is 4.39 Å². The number of benzene rings is 2. The molecule has 2 aromatic carbocycles. The second-order valence-electron chi connectivity index (χ2n) is 6.22. The number of nitrogens with zero attached hydrogens (tertiary/aromatic N) is 1. The highest BCUT2D eigenvalue weighted by atomic mass is 35.5. The zero-order valence-electron chi connectivity index (χ0n) is 13.2. The van der Waals surface area contributed by atoms with Gasteiger partial charge in [0.25, 0.3) is 0 Å². The fraction of sp³-hybridized carbons (Fsp3) is 0.100. The van der Waals surface area contributed by atoms with Crippen LogP contribution in [0.1, 0.15) is 23.1 Å². The van der Waals surface area contributed by atoms with Crippen LogP contribution in [-0.4, -0.2) is 4.57 Å². The van der Waals surface area contributed by atoms with Crippen LogP contribution in [0.2, 0.25) is 5.02 Å². The van der Waals surface area contributed by atoms with Crippen molar-refractivity contribution >= 4 is 22.6 Å². The lowest BCUT2D eigenvalue weighted by Gasteiger charge is -2.15. The summed E-state index contributed by atoms with van der Waals surface area (Å²) >= 11 is 6.20. The monoisotopic (exact) mass is 352 g/mol. The largest absolute Gasteiger partial charge is 0.459 e. The summed E-state index contributed by atoms with van der Waals surface area (Å²) < 4.78 is 21.6. The maximum atomic E-state index is 13.5. The van der Waals surface area contributed by atoms with Crippen LogP contribution in [0.15, 0.2) is 65.2 Å². The van der Waals surface area contributed by atoms with E-state index in [0.29, 0.717) is 17.2 Å². The van der Waals surface area contributed by atoms with Crippen molar-refractivity contribution in [2.24, 2.45) is 0 Å². The van der Waals surface area contributed by atoms with Crippen LogP contribution in [0, 0.1) is 5.82 Å². The average Bonchev–Trinajstić information content (AvgIpc) is 3.20. The molecule has 4 aromatic rings. The SMILES string of the molecule is Fc1ccc2oc(C3NCc4ccc(Cl)cc4-n4cccc43)cc2c1. The molecule has 0 saturated carbocycles.